The molecule has 3 aromatic rings. The number of hydrogen-bond acceptors (Lipinski definition) is 3. The van der Waals surface area contributed by atoms with Crippen LogP contribution in [0.25, 0.3) is 10.4 Å². The Labute approximate surface area is 176 Å². The van der Waals surface area contributed by atoms with E-state index in [1.165, 1.54) is 23.5 Å². The number of halogens is 2. The van der Waals surface area contributed by atoms with Crippen LogP contribution in [0.15, 0.2) is 54.6 Å². The third-order valence-electron chi connectivity index (χ3n) is 4.81. The number of hydrogen-bond donors (Lipinski definition) is 1. The van der Waals surface area contributed by atoms with Crippen molar-refractivity contribution >= 4 is 40.4 Å². The van der Waals surface area contributed by atoms with Crippen LogP contribution in [0.4, 0.5) is 10.1 Å². The van der Waals surface area contributed by atoms with Gasteiger partial charge in [-0.2, -0.15) is 0 Å². The predicted molar refractivity (Wildman–Crippen MR) is 114 cm³/mol. The second kappa shape index (κ2) is 8.35. The number of thiophene rings is 1. The fraction of sp³-hybridized carbons (Fsp3) is 0.182. The van der Waals surface area contributed by atoms with Crippen LogP contribution in [-0.4, -0.2) is 29.8 Å². The zero-order valence-corrected chi connectivity index (χ0v) is 17.0. The highest BCUT2D eigenvalue weighted by atomic mass is 35.5. The normalized spacial score (nSPS) is 13.5. The minimum Gasteiger partial charge on any atom is -0.339 e. The molecular weight excluding hydrogens is 411 g/mol. The van der Waals surface area contributed by atoms with Gasteiger partial charge in [-0.1, -0.05) is 23.7 Å². The molecule has 2 heterocycles. The summed E-state index contributed by atoms with van der Waals surface area (Å²) < 4.78 is 13.1. The van der Waals surface area contributed by atoms with Crippen molar-refractivity contribution in [3.8, 4) is 10.4 Å². The smallest absolute Gasteiger partial charge is 0.265 e. The van der Waals surface area contributed by atoms with E-state index in [0.29, 0.717) is 34.2 Å². The first-order valence-electron chi connectivity index (χ1n) is 9.27. The number of rotatable bonds is 4. The summed E-state index contributed by atoms with van der Waals surface area (Å²) in [5.41, 5.74) is 1.67. The van der Waals surface area contributed by atoms with Gasteiger partial charge in [0.15, 0.2) is 0 Å². The number of likely N-dealkylation sites (tertiary alicyclic amines) is 1. The van der Waals surface area contributed by atoms with E-state index in [-0.39, 0.29) is 17.6 Å². The summed E-state index contributed by atoms with van der Waals surface area (Å²) in [5, 5.41) is 3.28. The van der Waals surface area contributed by atoms with Crippen molar-refractivity contribution < 1.29 is 14.0 Å². The molecule has 0 spiro atoms. The molecule has 0 saturated carbocycles. The van der Waals surface area contributed by atoms with Gasteiger partial charge in [0.2, 0.25) is 0 Å². The summed E-state index contributed by atoms with van der Waals surface area (Å²) in [6.07, 6.45) is 1.96. The van der Waals surface area contributed by atoms with E-state index >= 15 is 0 Å². The highest BCUT2D eigenvalue weighted by Crippen LogP contribution is 2.30. The summed E-state index contributed by atoms with van der Waals surface area (Å²) in [6.45, 7) is 1.43. The number of anilines is 1. The summed E-state index contributed by atoms with van der Waals surface area (Å²) in [5.74, 6) is -0.735. The maximum atomic E-state index is 13.1. The predicted octanol–water partition coefficient (Wildman–Crippen LogP) is 5.70. The van der Waals surface area contributed by atoms with Crippen molar-refractivity contribution in [1.29, 1.82) is 0 Å². The largest absolute Gasteiger partial charge is 0.339 e. The molecule has 148 valence electrons. The van der Waals surface area contributed by atoms with Gasteiger partial charge in [-0.3, -0.25) is 9.59 Å². The van der Waals surface area contributed by atoms with Gasteiger partial charge < -0.3 is 10.2 Å². The number of nitrogens with one attached hydrogen (secondary N) is 1. The second-order valence-electron chi connectivity index (χ2n) is 6.81. The molecule has 1 aliphatic heterocycles. The SMILES string of the molecule is O=C(Nc1ccc(Cl)cc1C(=O)N1CCCC1)c1ccc(-c2ccc(F)cc2)s1. The van der Waals surface area contributed by atoms with E-state index in [4.69, 9.17) is 11.6 Å². The lowest BCUT2D eigenvalue weighted by Gasteiger charge is -2.18. The maximum Gasteiger partial charge on any atom is 0.265 e. The Morgan fingerprint density at radius 3 is 2.45 bits per heavy atom. The van der Waals surface area contributed by atoms with Gasteiger partial charge in [-0.05, 0) is 60.9 Å². The summed E-state index contributed by atoms with van der Waals surface area (Å²) in [6, 6.07) is 14.6. The lowest BCUT2D eigenvalue weighted by molar-refractivity contribution is 0.0794. The standard InChI is InChI=1S/C22H18ClFN2O2S/c23-15-5-8-18(17(13-15)22(28)26-11-1-2-12-26)25-21(27)20-10-9-19(29-20)14-3-6-16(24)7-4-14/h3-10,13H,1-2,11-12H2,(H,25,27). The van der Waals surface area contributed by atoms with Crippen molar-refractivity contribution in [2.24, 2.45) is 0 Å². The molecular formula is C22H18ClFN2O2S. The number of benzene rings is 2. The van der Waals surface area contributed by atoms with Crippen LogP contribution in [-0.2, 0) is 0 Å². The molecule has 0 unspecified atom stereocenters. The van der Waals surface area contributed by atoms with Crippen molar-refractivity contribution in [2.45, 2.75) is 12.8 Å². The van der Waals surface area contributed by atoms with Gasteiger partial charge in [0.05, 0.1) is 16.1 Å². The molecule has 0 bridgehead atoms. The molecule has 2 aromatic carbocycles. The molecule has 2 amide bonds. The van der Waals surface area contributed by atoms with Crippen molar-refractivity contribution in [1.82, 2.24) is 4.90 Å². The Bertz CT molecular complexity index is 1060. The fourth-order valence-corrected chi connectivity index (χ4v) is 4.38. The molecule has 1 aliphatic rings. The summed E-state index contributed by atoms with van der Waals surface area (Å²) >= 11 is 7.40. The van der Waals surface area contributed by atoms with Gasteiger partial charge in [-0.15, -0.1) is 11.3 Å². The Balaban J connectivity index is 1.56. The highest BCUT2D eigenvalue weighted by Gasteiger charge is 2.23. The van der Waals surface area contributed by atoms with E-state index in [0.717, 1.165) is 23.3 Å². The zero-order valence-electron chi connectivity index (χ0n) is 15.5. The van der Waals surface area contributed by atoms with E-state index in [1.54, 1.807) is 41.3 Å². The lowest BCUT2D eigenvalue weighted by Crippen LogP contribution is -2.28. The van der Waals surface area contributed by atoms with Crippen LogP contribution in [0.1, 0.15) is 32.9 Å². The van der Waals surface area contributed by atoms with Crippen molar-refractivity contribution in [3.63, 3.8) is 0 Å². The number of nitrogens with zero attached hydrogens (tertiary/aromatic N) is 1. The lowest BCUT2D eigenvalue weighted by atomic mass is 10.1. The molecule has 4 rings (SSSR count). The summed E-state index contributed by atoms with van der Waals surface area (Å²) in [7, 11) is 0. The first-order chi connectivity index (χ1) is 14.0. The molecule has 1 saturated heterocycles. The van der Waals surface area contributed by atoms with Crippen molar-refractivity contribution in [2.75, 3.05) is 18.4 Å². The van der Waals surface area contributed by atoms with Crippen molar-refractivity contribution in [3.05, 3.63) is 75.9 Å². The van der Waals surface area contributed by atoms with Crippen LogP contribution < -0.4 is 5.32 Å². The maximum absolute atomic E-state index is 13.1. The second-order valence-corrected chi connectivity index (χ2v) is 8.33. The number of amides is 2. The number of carbonyl (C=O) groups excluding carboxylic acids is 2. The van der Waals surface area contributed by atoms with Gasteiger partial charge in [0.25, 0.3) is 11.8 Å². The van der Waals surface area contributed by atoms with Crippen LogP contribution in [0, 0.1) is 5.82 Å². The van der Waals surface area contributed by atoms with E-state index < -0.39 is 0 Å². The molecule has 29 heavy (non-hydrogen) atoms. The minimum atomic E-state index is -0.304. The van der Waals surface area contributed by atoms with Crippen LogP contribution in [0.2, 0.25) is 5.02 Å². The minimum absolute atomic E-state index is 0.126. The Kier molecular flexibility index (Phi) is 5.65. The molecule has 1 aromatic heterocycles. The average Bonchev–Trinajstić information content (AvgIpc) is 3.41. The molecule has 0 atom stereocenters. The third-order valence-corrected chi connectivity index (χ3v) is 6.18. The molecule has 7 heteroatoms. The van der Waals surface area contributed by atoms with Gasteiger partial charge in [0, 0.05) is 23.0 Å². The topological polar surface area (TPSA) is 49.4 Å². The first-order valence-corrected chi connectivity index (χ1v) is 10.5. The third kappa shape index (κ3) is 4.33. The van der Waals surface area contributed by atoms with Crippen LogP contribution >= 0.6 is 22.9 Å². The van der Waals surface area contributed by atoms with Gasteiger partial charge >= 0.3 is 0 Å². The van der Waals surface area contributed by atoms with E-state index in [2.05, 4.69) is 5.32 Å². The Morgan fingerprint density at radius 1 is 1.00 bits per heavy atom. The number of carbonyl (C=O) groups is 2. The molecule has 1 N–H and O–H groups in total. The monoisotopic (exact) mass is 428 g/mol. The fourth-order valence-electron chi connectivity index (χ4n) is 3.31. The Morgan fingerprint density at radius 2 is 1.72 bits per heavy atom. The first kappa shape index (κ1) is 19.6. The zero-order chi connectivity index (χ0) is 20.4. The summed E-state index contributed by atoms with van der Waals surface area (Å²) in [4.78, 5) is 28.8. The molecule has 0 radical (unpaired) electrons. The van der Waals surface area contributed by atoms with Crippen LogP contribution in [0.3, 0.4) is 0 Å². The molecule has 1 fully saturated rings. The quantitative estimate of drug-likeness (QED) is 0.579. The Hall–Kier alpha value is -2.70. The van der Waals surface area contributed by atoms with Gasteiger partial charge in [0.1, 0.15) is 5.82 Å². The van der Waals surface area contributed by atoms with Crippen LogP contribution in [0.5, 0.6) is 0 Å². The van der Waals surface area contributed by atoms with Gasteiger partial charge in [-0.25, -0.2) is 4.39 Å². The van der Waals surface area contributed by atoms with E-state index in [1.807, 2.05) is 6.07 Å². The highest BCUT2D eigenvalue weighted by molar-refractivity contribution is 7.17. The molecule has 0 aliphatic carbocycles. The average molecular weight is 429 g/mol. The molecule has 4 nitrogen and oxygen atoms in total. The van der Waals surface area contributed by atoms with E-state index in [9.17, 15) is 14.0 Å².